The molecule has 0 unspecified atom stereocenters. The molecule has 2 aromatic heterocycles. The molecule has 0 amide bonds. The van der Waals surface area contributed by atoms with E-state index in [1.165, 1.54) is 0 Å². The van der Waals surface area contributed by atoms with Gasteiger partial charge >= 0.3 is 0 Å². The predicted molar refractivity (Wildman–Crippen MR) is 87.6 cm³/mol. The maximum atomic E-state index is 12.1. The number of nitrogens with two attached hydrogens (primary N) is 1. The fourth-order valence-electron chi connectivity index (χ4n) is 2.25. The van der Waals surface area contributed by atoms with Crippen LogP contribution in [0.4, 0.5) is 0 Å². The van der Waals surface area contributed by atoms with E-state index in [1.807, 2.05) is 41.8 Å². The van der Waals surface area contributed by atoms with Crippen molar-refractivity contribution in [3.05, 3.63) is 68.6 Å². The second-order valence-corrected chi connectivity index (χ2v) is 5.62. The summed E-state index contributed by atoms with van der Waals surface area (Å²) in [5, 5.41) is 3.06. The zero-order chi connectivity index (χ0) is 14.7. The van der Waals surface area contributed by atoms with Crippen molar-refractivity contribution in [2.45, 2.75) is 6.54 Å². The molecule has 0 bridgehead atoms. The van der Waals surface area contributed by atoms with Crippen LogP contribution in [-0.2, 0) is 6.54 Å². The van der Waals surface area contributed by atoms with E-state index < -0.39 is 0 Å². The van der Waals surface area contributed by atoms with Gasteiger partial charge in [0, 0.05) is 21.9 Å². The fraction of sp³-hybridized carbons (Fsp3) is 0.118. The van der Waals surface area contributed by atoms with Crippen molar-refractivity contribution in [3.8, 4) is 11.8 Å². The Hall–Kier alpha value is -2.35. The van der Waals surface area contributed by atoms with E-state index in [0.717, 1.165) is 21.3 Å². The Bertz CT molecular complexity index is 896. The molecule has 3 rings (SSSR count). The van der Waals surface area contributed by atoms with Crippen LogP contribution < -0.4 is 11.3 Å². The minimum atomic E-state index is 0.0108. The Morgan fingerprint density at radius 3 is 2.90 bits per heavy atom. The van der Waals surface area contributed by atoms with Gasteiger partial charge < -0.3 is 10.3 Å². The first-order valence-corrected chi connectivity index (χ1v) is 7.51. The first kappa shape index (κ1) is 13.6. The standard InChI is InChI=1S/C17H14N2OS/c18-9-3-4-13-10-15(21-12-13)11-19-16-6-2-1-5-14(16)7-8-17(19)20/h1-2,5-8,10,12H,9,11,18H2. The van der Waals surface area contributed by atoms with Gasteiger partial charge in [0.2, 0.25) is 0 Å². The normalized spacial score (nSPS) is 10.3. The van der Waals surface area contributed by atoms with E-state index in [0.29, 0.717) is 13.1 Å². The molecule has 4 heteroatoms. The monoisotopic (exact) mass is 294 g/mol. The highest BCUT2D eigenvalue weighted by Gasteiger charge is 2.05. The number of pyridine rings is 1. The molecule has 0 aliphatic carbocycles. The van der Waals surface area contributed by atoms with Crippen molar-refractivity contribution in [2.24, 2.45) is 5.73 Å². The molecule has 104 valence electrons. The molecule has 0 saturated heterocycles. The Kier molecular flexibility index (Phi) is 3.87. The van der Waals surface area contributed by atoms with E-state index in [-0.39, 0.29) is 5.56 Å². The van der Waals surface area contributed by atoms with Crippen molar-refractivity contribution in [2.75, 3.05) is 6.54 Å². The molecular weight excluding hydrogens is 280 g/mol. The molecular formula is C17H14N2OS. The first-order chi connectivity index (χ1) is 10.3. The van der Waals surface area contributed by atoms with Gasteiger partial charge in [-0.15, -0.1) is 11.3 Å². The minimum Gasteiger partial charge on any atom is -0.320 e. The molecule has 21 heavy (non-hydrogen) atoms. The topological polar surface area (TPSA) is 48.0 Å². The van der Waals surface area contributed by atoms with Crippen LogP contribution >= 0.6 is 11.3 Å². The average molecular weight is 294 g/mol. The van der Waals surface area contributed by atoms with Gasteiger partial charge in [-0.1, -0.05) is 30.0 Å². The Balaban J connectivity index is 2.00. The summed E-state index contributed by atoms with van der Waals surface area (Å²) in [5.41, 5.74) is 7.29. The lowest BCUT2D eigenvalue weighted by molar-refractivity contribution is 0.807. The molecule has 0 atom stereocenters. The number of para-hydroxylation sites is 1. The summed E-state index contributed by atoms with van der Waals surface area (Å²) < 4.78 is 1.79. The number of hydrogen-bond donors (Lipinski definition) is 1. The van der Waals surface area contributed by atoms with Gasteiger partial charge in [-0.05, 0) is 23.6 Å². The maximum Gasteiger partial charge on any atom is 0.251 e. The summed E-state index contributed by atoms with van der Waals surface area (Å²) >= 11 is 1.61. The number of fused-ring (bicyclic) bond motifs is 1. The summed E-state index contributed by atoms with van der Waals surface area (Å²) in [7, 11) is 0. The number of thiophene rings is 1. The fourth-order valence-corrected chi connectivity index (χ4v) is 3.05. The SMILES string of the molecule is NCC#Cc1csc(Cn2c(=O)ccc3ccccc32)c1. The molecule has 0 aliphatic rings. The summed E-state index contributed by atoms with van der Waals surface area (Å²) in [4.78, 5) is 13.2. The third-order valence-electron chi connectivity index (χ3n) is 3.20. The van der Waals surface area contributed by atoms with Gasteiger partial charge in [0.15, 0.2) is 0 Å². The van der Waals surface area contributed by atoms with Gasteiger partial charge in [0.25, 0.3) is 5.56 Å². The van der Waals surface area contributed by atoms with Crippen LogP contribution in [0.15, 0.2) is 52.6 Å². The van der Waals surface area contributed by atoms with Crippen LogP contribution in [0, 0.1) is 11.8 Å². The van der Waals surface area contributed by atoms with Crippen LogP contribution in [0.5, 0.6) is 0 Å². The van der Waals surface area contributed by atoms with Crippen molar-refractivity contribution < 1.29 is 0 Å². The first-order valence-electron chi connectivity index (χ1n) is 6.63. The Morgan fingerprint density at radius 1 is 1.19 bits per heavy atom. The molecule has 2 heterocycles. The van der Waals surface area contributed by atoms with Crippen molar-refractivity contribution in [1.82, 2.24) is 4.57 Å². The highest BCUT2D eigenvalue weighted by atomic mass is 32.1. The zero-order valence-corrected chi connectivity index (χ0v) is 12.2. The third-order valence-corrected chi connectivity index (χ3v) is 4.12. The number of aromatic nitrogens is 1. The molecule has 3 nitrogen and oxygen atoms in total. The molecule has 2 N–H and O–H groups in total. The predicted octanol–water partition coefficient (Wildman–Crippen LogP) is 2.42. The molecule has 0 radical (unpaired) electrons. The van der Waals surface area contributed by atoms with Gasteiger partial charge in [0.1, 0.15) is 0 Å². The Morgan fingerprint density at radius 2 is 2.05 bits per heavy atom. The van der Waals surface area contributed by atoms with Crippen molar-refractivity contribution in [1.29, 1.82) is 0 Å². The van der Waals surface area contributed by atoms with Gasteiger partial charge in [0.05, 0.1) is 18.6 Å². The summed E-state index contributed by atoms with van der Waals surface area (Å²) in [6.07, 6.45) is 0. The molecule has 0 fully saturated rings. The van der Waals surface area contributed by atoms with Crippen molar-refractivity contribution >= 4 is 22.2 Å². The highest BCUT2D eigenvalue weighted by Crippen LogP contribution is 2.17. The van der Waals surface area contributed by atoms with Gasteiger partial charge in [-0.25, -0.2) is 0 Å². The largest absolute Gasteiger partial charge is 0.320 e. The third kappa shape index (κ3) is 2.89. The van der Waals surface area contributed by atoms with Gasteiger partial charge in [-0.3, -0.25) is 4.79 Å². The lowest BCUT2D eigenvalue weighted by Crippen LogP contribution is -2.19. The molecule has 0 spiro atoms. The lowest BCUT2D eigenvalue weighted by atomic mass is 10.2. The smallest absolute Gasteiger partial charge is 0.251 e. The van der Waals surface area contributed by atoms with E-state index >= 15 is 0 Å². The quantitative estimate of drug-likeness (QED) is 0.738. The van der Waals surface area contributed by atoms with Gasteiger partial charge in [-0.2, -0.15) is 0 Å². The van der Waals surface area contributed by atoms with Crippen LogP contribution in [0.2, 0.25) is 0 Å². The van der Waals surface area contributed by atoms with E-state index in [4.69, 9.17) is 5.73 Å². The lowest BCUT2D eigenvalue weighted by Gasteiger charge is -2.08. The van der Waals surface area contributed by atoms with Crippen LogP contribution in [-0.4, -0.2) is 11.1 Å². The number of hydrogen-bond acceptors (Lipinski definition) is 3. The molecule has 1 aromatic carbocycles. The molecule has 0 aliphatic heterocycles. The second kappa shape index (κ2) is 5.96. The maximum absolute atomic E-state index is 12.1. The number of nitrogens with zero attached hydrogens (tertiary/aromatic N) is 1. The summed E-state index contributed by atoms with van der Waals surface area (Å²) in [6, 6.07) is 13.4. The highest BCUT2D eigenvalue weighted by molar-refractivity contribution is 7.10. The molecule has 3 aromatic rings. The Labute approximate surface area is 126 Å². The van der Waals surface area contributed by atoms with Crippen LogP contribution in [0.1, 0.15) is 10.4 Å². The zero-order valence-electron chi connectivity index (χ0n) is 11.4. The van der Waals surface area contributed by atoms with Crippen molar-refractivity contribution in [3.63, 3.8) is 0 Å². The summed E-state index contributed by atoms with van der Waals surface area (Å²) in [6.45, 7) is 0.920. The van der Waals surface area contributed by atoms with E-state index in [2.05, 4.69) is 11.8 Å². The van der Waals surface area contributed by atoms with Crippen LogP contribution in [0.3, 0.4) is 0 Å². The van der Waals surface area contributed by atoms with Crippen LogP contribution in [0.25, 0.3) is 10.9 Å². The average Bonchev–Trinajstić information content (AvgIpc) is 2.96. The second-order valence-electron chi connectivity index (χ2n) is 4.62. The summed E-state index contributed by atoms with van der Waals surface area (Å²) in [5.74, 6) is 5.85. The molecule has 0 saturated carbocycles. The van der Waals surface area contributed by atoms with E-state index in [1.54, 1.807) is 22.0 Å². The minimum absolute atomic E-state index is 0.0108. The number of benzene rings is 1. The number of rotatable bonds is 2. The van der Waals surface area contributed by atoms with E-state index in [9.17, 15) is 4.79 Å².